The van der Waals surface area contributed by atoms with Crippen molar-refractivity contribution in [3.05, 3.63) is 58.2 Å². The van der Waals surface area contributed by atoms with E-state index in [9.17, 15) is 4.79 Å². The highest BCUT2D eigenvalue weighted by Crippen LogP contribution is 2.30. The van der Waals surface area contributed by atoms with Crippen LogP contribution in [-0.2, 0) is 0 Å². The van der Waals surface area contributed by atoms with Crippen molar-refractivity contribution >= 4 is 51.0 Å². The van der Waals surface area contributed by atoms with Crippen LogP contribution in [0.1, 0.15) is 10.4 Å². The summed E-state index contributed by atoms with van der Waals surface area (Å²) < 4.78 is 0. The number of hydrogen-bond donors (Lipinski definition) is 2. The van der Waals surface area contributed by atoms with Gasteiger partial charge in [0, 0.05) is 30.2 Å². The fourth-order valence-corrected chi connectivity index (χ4v) is 3.45. The lowest BCUT2D eigenvalue weighted by Gasteiger charge is -2.12. The first kappa shape index (κ1) is 19.6. The molecule has 8 heteroatoms. The van der Waals surface area contributed by atoms with Crippen LogP contribution in [0.25, 0.3) is 33.3 Å². The molecule has 0 aliphatic rings. The van der Waals surface area contributed by atoms with Gasteiger partial charge in [-0.3, -0.25) is 9.78 Å². The topological polar surface area (TPSA) is 73.9 Å². The minimum Gasteiger partial charge on any atom is -0.351 e. The molecule has 2 heterocycles. The Kier molecular flexibility index (Phi) is 5.41. The number of benzene rings is 2. The number of H-pyrrole nitrogens is 1. The zero-order chi connectivity index (χ0) is 20.5. The summed E-state index contributed by atoms with van der Waals surface area (Å²) in [7, 11) is 3.92. The van der Waals surface area contributed by atoms with E-state index in [4.69, 9.17) is 23.2 Å². The number of aromatic amines is 1. The molecule has 0 spiro atoms. The first-order valence-electron chi connectivity index (χ1n) is 9.09. The van der Waals surface area contributed by atoms with E-state index in [-0.39, 0.29) is 5.91 Å². The predicted molar refractivity (Wildman–Crippen MR) is 118 cm³/mol. The van der Waals surface area contributed by atoms with Crippen molar-refractivity contribution in [1.29, 1.82) is 0 Å². The normalized spacial score (nSPS) is 11.5. The fraction of sp³-hybridized carbons (Fsp3) is 0.190. The molecule has 2 aromatic carbocycles. The monoisotopic (exact) mass is 427 g/mol. The van der Waals surface area contributed by atoms with Crippen LogP contribution < -0.4 is 5.32 Å². The van der Waals surface area contributed by atoms with Crippen LogP contribution in [0.3, 0.4) is 0 Å². The second-order valence-corrected chi connectivity index (χ2v) is 7.84. The van der Waals surface area contributed by atoms with Gasteiger partial charge in [-0.2, -0.15) is 0 Å². The van der Waals surface area contributed by atoms with Gasteiger partial charge < -0.3 is 15.2 Å². The van der Waals surface area contributed by atoms with Gasteiger partial charge in [0.15, 0.2) is 0 Å². The minimum atomic E-state index is -0.167. The second kappa shape index (κ2) is 7.99. The molecule has 0 bridgehead atoms. The molecule has 1 amide bonds. The molecule has 0 saturated carbocycles. The number of hydrogen-bond acceptors (Lipinski definition) is 4. The highest BCUT2D eigenvalue weighted by molar-refractivity contribution is 6.42. The maximum atomic E-state index is 12.9. The lowest BCUT2D eigenvalue weighted by Crippen LogP contribution is -2.31. The van der Waals surface area contributed by atoms with Gasteiger partial charge in [-0.25, -0.2) is 4.98 Å². The smallest absolute Gasteiger partial charge is 0.253 e. The SMILES string of the molecule is CN(C)CCNC(=O)c1cc(-c2nc3cc(Cl)c(Cl)cc3[nH]2)cc2cccnc12. The highest BCUT2D eigenvalue weighted by Gasteiger charge is 2.16. The van der Waals surface area contributed by atoms with Crippen molar-refractivity contribution < 1.29 is 4.79 Å². The number of halogens is 2. The minimum absolute atomic E-state index is 0.167. The quantitative estimate of drug-likeness (QED) is 0.495. The maximum Gasteiger partial charge on any atom is 0.253 e. The van der Waals surface area contributed by atoms with Gasteiger partial charge in [-0.1, -0.05) is 29.3 Å². The van der Waals surface area contributed by atoms with Crippen molar-refractivity contribution in [3.63, 3.8) is 0 Å². The van der Waals surface area contributed by atoms with E-state index < -0.39 is 0 Å². The van der Waals surface area contributed by atoms with E-state index in [0.717, 1.165) is 23.0 Å². The van der Waals surface area contributed by atoms with Gasteiger partial charge in [0.05, 0.1) is 32.2 Å². The van der Waals surface area contributed by atoms with Gasteiger partial charge in [0.2, 0.25) is 0 Å². The van der Waals surface area contributed by atoms with Crippen molar-refractivity contribution in [2.24, 2.45) is 0 Å². The average Bonchev–Trinajstić information content (AvgIpc) is 3.09. The number of aromatic nitrogens is 3. The Labute approximate surface area is 177 Å². The third kappa shape index (κ3) is 4.05. The van der Waals surface area contributed by atoms with Crippen LogP contribution in [0.2, 0.25) is 10.0 Å². The highest BCUT2D eigenvalue weighted by atomic mass is 35.5. The third-order valence-electron chi connectivity index (χ3n) is 4.59. The van der Waals surface area contributed by atoms with Crippen LogP contribution >= 0.6 is 23.2 Å². The predicted octanol–water partition coefficient (Wildman–Crippen LogP) is 4.38. The Morgan fingerprint density at radius 2 is 1.97 bits per heavy atom. The summed E-state index contributed by atoms with van der Waals surface area (Å²) in [5.41, 5.74) is 3.43. The van der Waals surface area contributed by atoms with Gasteiger partial charge >= 0.3 is 0 Å². The van der Waals surface area contributed by atoms with Crippen LogP contribution in [0, 0.1) is 0 Å². The molecule has 0 unspecified atom stereocenters. The molecule has 148 valence electrons. The van der Waals surface area contributed by atoms with E-state index in [1.807, 2.05) is 37.2 Å². The maximum absolute atomic E-state index is 12.9. The van der Waals surface area contributed by atoms with E-state index in [1.54, 1.807) is 24.4 Å². The summed E-state index contributed by atoms with van der Waals surface area (Å²) in [6.45, 7) is 1.30. The zero-order valence-corrected chi connectivity index (χ0v) is 17.5. The Balaban J connectivity index is 1.78. The van der Waals surface area contributed by atoms with Crippen molar-refractivity contribution in [2.75, 3.05) is 27.2 Å². The number of nitrogens with one attached hydrogen (secondary N) is 2. The van der Waals surface area contributed by atoms with Crippen LogP contribution in [-0.4, -0.2) is 52.9 Å². The summed E-state index contributed by atoms with van der Waals surface area (Å²) in [5.74, 6) is 0.464. The summed E-state index contributed by atoms with van der Waals surface area (Å²) in [4.78, 5) is 27.1. The Morgan fingerprint density at radius 1 is 1.17 bits per heavy atom. The Morgan fingerprint density at radius 3 is 2.76 bits per heavy atom. The lowest BCUT2D eigenvalue weighted by molar-refractivity contribution is 0.0952. The third-order valence-corrected chi connectivity index (χ3v) is 5.31. The van der Waals surface area contributed by atoms with Crippen LogP contribution in [0.15, 0.2) is 42.6 Å². The summed E-state index contributed by atoms with van der Waals surface area (Å²) in [6, 6.07) is 11.0. The number of amides is 1. The molecule has 2 N–H and O–H groups in total. The number of likely N-dealkylation sites (N-methyl/N-ethyl adjacent to an activating group) is 1. The molecule has 2 aromatic heterocycles. The Hall–Kier alpha value is -2.67. The summed E-state index contributed by atoms with van der Waals surface area (Å²) in [5, 5.41) is 4.72. The standard InChI is InChI=1S/C21H19Cl2N5O/c1-28(2)7-6-25-21(29)14-9-13(8-12-4-3-5-24-19(12)14)20-26-17-10-15(22)16(23)11-18(17)27-20/h3-5,8-11H,6-7H2,1-2H3,(H,25,29)(H,26,27). The molecule has 0 aliphatic carbocycles. The molecule has 0 atom stereocenters. The van der Waals surface area contributed by atoms with Crippen molar-refractivity contribution in [1.82, 2.24) is 25.2 Å². The summed E-state index contributed by atoms with van der Waals surface area (Å²) >= 11 is 12.2. The van der Waals surface area contributed by atoms with Crippen LogP contribution in [0.4, 0.5) is 0 Å². The van der Waals surface area contributed by atoms with Crippen molar-refractivity contribution in [2.45, 2.75) is 0 Å². The number of rotatable bonds is 5. The van der Waals surface area contributed by atoms with E-state index in [2.05, 4.69) is 20.3 Å². The van der Waals surface area contributed by atoms with E-state index >= 15 is 0 Å². The zero-order valence-electron chi connectivity index (χ0n) is 16.0. The van der Waals surface area contributed by atoms with Gasteiger partial charge in [0.1, 0.15) is 5.82 Å². The molecule has 0 radical (unpaired) electrons. The number of imidazole rings is 1. The fourth-order valence-electron chi connectivity index (χ4n) is 3.13. The number of fused-ring (bicyclic) bond motifs is 2. The number of nitrogens with zero attached hydrogens (tertiary/aromatic N) is 3. The molecule has 0 saturated heterocycles. The van der Waals surface area contributed by atoms with E-state index in [0.29, 0.717) is 39.0 Å². The lowest BCUT2D eigenvalue weighted by atomic mass is 10.0. The largest absolute Gasteiger partial charge is 0.351 e. The average molecular weight is 428 g/mol. The molecule has 4 rings (SSSR count). The molecule has 4 aromatic rings. The summed E-state index contributed by atoms with van der Waals surface area (Å²) in [6.07, 6.45) is 1.68. The molecular formula is C21H19Cl2N5O. The molecular weight excluding hydrogens is 409 g/mol. The van der Waals surface area contributed by atoms with Gasteiger partial charge in [-0.05, 0) is 44.4 Å². The van der Waals surface area contributed by atoms with Gasteiger partial charge in [-0.15, -0.1) is 0 Å². The Bertz CT molecular complexity index is 1180. The molecule has 0 fully saturated rings. The number of carbonyl (C=O) groups excluding carboxylic acids is 1. The first-order valence-corrected chi connectivity index (χ1v) is 9.85. The second-order valence-electron chi connectivity index (χ2n) is 7.03. The molecule has 6 nitrogen and oxygen atoms in total. The number of carbonyl (C=O) groups is 1. The first-order chi connectivity index (χ1) is 13.9. The van der Waals surface area contributed by atoms with Crippen molar-refractivity contribution in [3.8, 4) is 11.4 Å². The van der Waals surface area contributed by atoms with Gasteiger partial charge in [0.25, 0.3) is 5.91 Å². The van der Waals surface area contributed by atoms with E-state index in [1.165, 1.54) is 0 Å². The molecule has 0 aliphatic heterocycles. The molecule has 29 heavy (non-hydrogen) atoms. The van der Waals surface area contributed by atoms with Crippen LogP contribution in [0.5, 0.6) is 0 Å². The number of pyridine rings is 1.